The van der Waals surface area contributed by atoms with Gasteiger partial charge in [-0.05, 0) is 37.8 Å². The number of hydrogen-bond donors (Lipinski definition) is 1. The van der Waals surface area contributed by atoms with Gasteiger partial charge in [0.05, 0.1) is 11.4 Å². The monoisotopic (exact) mass is 256 g/mol. The lowest BCUT2D eigenvalue weighted by molar-refractivity contribution is 0.0946. The molecule has 1 aliphatic carbocycles. The number of hydrogen-bond acceptors (Lipinski definition) is 3. The molecule has 0 atom stereocenters. The molecule has 2 aromatic rings. The van der Waals surface area contributed by atoms with E-state index in [4.69, 9.17) is 0 Å². The van der Waals surface area contributed by atoms with E-state index >= 15 is 0 Å². The van der Waals surface area contributed by atoms with Gasteiger partial charge in [-0.15, -0.1) is 5.10 Å². The molecule has 19 heavy (non-hydrogen) atoms. The van der Waals surface area contributed by atoms with Crippen molar-refractivity contribution in [1.29, 1.82) is 0 Å². The van der Waals surface area contributed by atoms with Crippen LogP contribution in [-0.4, -0.2) is 27.4 Å². The van der Waals surface area contributed by atoms with E-state index < -0.39 is 0 Å². The third kappa shape index (κ3) is 2.65. The zero-order chi connectivity index (χ0) is 13.2. The van der Waals surface area contributed by atoms with Gasteiger partial charge < -0.3 is 5.32 Å². The third-order valence-electron chi connectivity index (χ3n) is 3.23. The number of benzene rings is 1. The van der Waals surface area contributed by atoms with Crippen LogP contribution in [0.25, 0.3) is 5.69 Å². The lowest BCUT2D eigenvalue weighted by Gasteiger charge is -2.00. The van der Waals surface area contributed by atoms with Crippen molar-refractivity contribution in [2.75, 3.05) is 6.54 Å². The molecule has 3 rings (SSSR count). The second kappa shape index (κ2) is 4.84. The van der Waals surface area contributed by atoms with E-state index in [2.05, 4.69) is 15.5 Å². The summed E-state index contributed by atoms with van der Waals surface area (Å²) >= 11 is 0. The van der Waals surface area contributed by atoms with Crippen LogP contribution in [0.1, 0.15) is 29.0 Å². The van der Waals surface area contributed by atoms with Gasteiger partial charge >= 0.3 is 0 Å². The molecule has 0 unspecified atom stereocenters. The predicted molar refractivity (Wildman–Crippen MR) is 71.2 cm³/mol. The summed E-state index contributed by atoms with van der Waals surface area (Å²) in [4.78, 5) is 13.5. The van der Waals surface area contributed by atoms with Crippen LogP contribution in [0.15, 0.2) is 30.3 Å². The normalized spacial score (nSPS) is 14.4. The van der Waals surface area contributed by atoms with E-state index in [9.17, 15) is 4.79 Å². The number of nitrogens with one attached hydrogen (secondary N) is 1. The summed E-state index contributed by atoms with van der Waals surface area (Å²) in [5.74, 6) is 0.528. The van der Waals surface area contributed by atoms with E-state index in [1.807, 2.05) is 30.3 Å². The van der Waals surface area contributed by atoms with E-state index in [0.29, 0.717) is 17.3 Å². The molecule has 1 aliphatic rings. The van der Waals surface area contributed by atoms with Gasteiger partial charge in [0.25, 0.3) is 5.91 Å². The fourth-order valence-electron chi connectivity index (χ4n) is 1.91. The van der Waals surface area contributed by atoms with Gasteiger partial charge in [0.15, 0.2) is 5.69 Å². The van der Waals surface area contributed by atoms with Crippen LogP contribution >= 0.6 is 0 Å². The molecule has 0 bridgehead atoms. The Kier molecular flexibility index (Phi) is 3.03. The Bertz CT molecular complexity index is 587. The minimum atomic E-state index is -0.133. The number of nitrogens with zero attached hydrogens (tertiary/aromatic N) is 3. The summed E-state index contributed by atoms with van der Waals surface area (Å²) in [6, 6.07) is 9.58. The Morgan fingerprint density at radius 2 is 2.05 bits per heavy atom. The first-order valence-corrected chi connectivity index (χ1v) is 6.51. The average Bonchev–Trinajstić information content (AvgIpc) is 3.18. The van der Waals surface area contributed by atoms with Gasteiger partial charge in [-0.2, -0.15) is 9.90 Å². The molecule has 98 valence electrons. The molecule has 0 saturated heterocycles. The molecule has 0 aliphatic heterocycles. The molecule has 1 aromatic carbocycles. The first kappa shape index (κ1) is 11.9. The average molecular weight is 256 g/mol. The molecule has 1 aromatic heterocycles. The minimum Gasteiger partial charge on any atom is -0.350 e. The van der Waals surface area contributed by atoms with Crippen LogP contribution in [-0.2, 0) is 0 Å². The van der Waals surface area contributed by atoms with Crippen LogP contribution in [0.5, 0.6) is 0 Å². The molecule has 5 nitrogen and oxygen atoms in total. The van der Waals surface area contributed by atoms with Gasteiger partial charge in [-0.25, -0.2) is 0 Å². The topological polar surface area (TPSA) is 59.8 Å². The highest BCUT2D eigenvalue weighted by atomic mass is 16.2. The second-order valence-corrected chi connectivity index (χ2v) is 4.91. The molecular weight excluding hydrogens is 240 g/mol. The van der Waals surface area contributed by atoms with E-state index in [1.54, 1.807) is 6.92 Å². The largest absolute Gasteiger partial charge is 0.350 e. The summed E-state index contributed by atoms with van der Waals surface area (Å²) in [6.07, 6.45) is 2.44. The molecule has 5 heteroatoms. The standard InChI is InChI=1S/C14H16N4O/c1-10-13(14(19)15-9-11-7-8-11)17-18(16-10)12-5-3-2-4-6-12/h2-6,11H,7-9H2,1H3,(H,15,19). The maximum Gasteiger partial charge on any atom is 0.273 e. The Morgan fingerprint density at radius 3 is 2.74 bits per heavy atom. The van der Waals surface area contributed by atoms with Crippen LogP contribution in [0.2, 0.25) is 0 Å². The third-order valence-corrected chi connectivity index (χ3v) is 3.23. The lowest BCUT2D eigenvalue weighted by atomic mass is 10.3. The molecule has 1 saturated carbocycles. The highest BCUT2D eigenvalue weighted by molar-refractivity contribution is 5.93. The Hall–Kier alpha value is -2.17. The van der Waals surface area contributed by atoms with Gasteiger partial charge in [0.1, 0.15) is 0 Å². The number of aryl methyl sites for hydroxylation is 1. The zero-order valence-corrected chi connectivity index (χ0v) is 10.8. The number of para-hydroxylation sites is 1. The maximum absolute atomic E-state index is 12.0. The van der Waals surface area contributed by atoms with Crippen molar-refractivity contribution in [3.63, 3.8) is 0 Å². The molecule has 0 radical (unpaired) electrons. The zero-order valence-electron chi connectivity index (χ0n) is 10.8. The predicted octanol–water partition coefficient (Wildman–Crippen LogP) is 1.72. The van der Waals surface area contributed by atoms with Gasteiger partial charge in [0.2, 0.25) is 0 Å². The van der Waals surface area contributed by atoms with Crippen molar-refractivity contribution in [2.24, 2.45) is 5.92 Å². The van der Waals surface area contributed by atoms with Crippen molar-refractivity contribution in [1.82, 2.24) is 20.3 Å². The SMILES string of the molecule is Cc1nn(-c2ccccc2)nc1C(=O)NCC1CC1. The maximum atomic E-state index is 12.0. The molecule has 1 fully saturated rings. The van der Waals surface area contributed by atoms with Crippen LogP contribution in [0, 0.1) is 12.8 Å². The Morgan fingerprint density at radius 1 is 1.32 bits per heavy atom. The first-order chi connectivity index (χ1) is 9.24. The summed E-state index contributed by atoms with van der Waals surface area (Å²) < 4.78 is 0. The van der Waals surface area contributed by atoms with E-state index in [1.165, 1.54) is 17.6 Å². The first-order valence-electron chi connectivity index (χ1n) is 6.51. The van der Waals surface area contributed by atoms with Crippen LogP contribution in [0.3, 0.4) is 0 Å². The lowest BCUT2D eigenvalue weighted by Crippen LogP contribution is -2.26. The summed E-state index contributed by atoms with van der Waals surface area (Å²) in [6.45, 7) is 2.55. The molecule has 1 amide bonds. The summed E-state index contributed by atoms with van der Waals surface area (Å²) in [5, 5.41) is 11.5. The number of aromatic nitrogens is 3. The van der Waals surface area contributed by atoms with Crippen molar-refractivity contribution in [3.05, 3.63) is 41.7 Å². The number of carbonyl (C=O) groups is 1. The van der Waals surface area contributed by atoms with Crippen molar-refractivity contribution < 1.29 is 4.79 Å². The number of amides is 1. The highest BCUT2D eigenvalue weighted by Crippen LogP contribution is 2.27. The highest BCUT2D eigenvalue weighted by Gasteiger charge is 2.23. The smallest absolute Gasteiger partial charge is 0.273 e. The van der Waals surface area contributed by atoms with Gasteiger partial charge in [0, 0.05) is 6.54 Å². The van der Waals surface area contributed by atoms with Crippen molar-refractivity contribution >= 4 is 5.91 Å². The molecule has 0 spiro atoms. The quantitative estimate of drug-likeness (QED) is 0.906. The summed E-state index contributed by atoms with van der Waals surface area (Å²) in [5.41, 5.74) is 1.91. The molecule has 1 N–H and O–H groups in total. The molecular formula is C14H16N4O. The fourth-order valence-corrected chi connectivity index (χ4v) is 1.91. The van der Waals surface area contributed by atoms with E-state index in [-0.39, 0.29) is 5.91 Å². The van der Waals surface area contributed by atoms with Crippen molar-refractivity contribution in [2.45, 2.75) is 19.8 Å². The molecule has 1 heterocycles. The van der Waals surface area contributed by atoms with Gasteiger partial charge in [-0.3, -0.25) is 4.79 Å². The Labute approximate surface area is 111 Å². The van der Waals surface area contributed by atoms with E-state index in [0.717, 1.165) is 12.2 Å². The van der Waals surface area contributed by atoms with Crippen molar-refractivity contribution in [3.8, 4) is 5.69 Å². The Balaban J connectivity index is 1.78. The number of rotatable bonds is 4. The second-order valence-electron chi connectivity index (χ2n) is 4.91. The minimum absolute atomic E-state index is 0.133. The fraction of sp³-hybridized carbons (Fsp3) is 0.357. The van der Waals surface area contributed by atoms with Gasteiger partial charge in [-0.1, -0.05) is 18.2 Å². The van der Waals surface area contributed by atoms with Crippen LogP contribution in [0.4, 0.5) is 0 Å². The summed E-state index contributed by atoms with van der Waals surface area (Å²) in [7, 11) is 0. The van der Waals surface area contributed by atoms with Crippen LogP contribution < -0.4 is 5.32 Å². The number of carbonyl (C=O) groups excluding carboxylic acids is 1.